The molecule has 30 heavy (non-hydrogen) atoms. The van der Waals surface area contributed by atoms with Crippen LogP contribution < -0.4 is 10.6 Å². The maximum Gasteiger partial charge on any atom is 0.317 e. The molecule has 0 radical (unpaired) electrons. The Bertz CT molecular complexity index is 1240. The average molecular weight is 399 g/mol. The first-order chi connectivity index (χ1) is 14.7. The highest BCUT2D eigenvalue weighted by atomic mass is 16.4. The molecule has 5 rings (SSSR count). The second-order valence-electron chi connectivity index (χ2n) is 6.70. The quantitative estimate of drug-likeness (QED) is 0.546. The van der Waals surface area contributed by atoms with Crippen molar-refractivity contribution in [1.82, 2.24) is 19.7 Å². The van der Waals surface area contributed by atoms with Crippen LogP contribution in [0.5, 0.6) is 0 Å². The fourth-order valence-electron chi connectivity index (χ4n) is 3.24. The van der Waals surface area contributed by atoms with E-state index < -0.39 is 6.17 Å². The van der Waals surface area contributed by atoms with E-state index in [9.17, 15) is 4.79 Å². The molecule has 2 aromatic carbocycles. The molecule has 1 aliphatic rings. The number of benzene rings is 2. The van der Waals surface area contributed by atoms with E-state index in [1.165, 1.54) is 0 Å². The zero-order valence-corrected chi connectivity index (χ0v) is 16.0. The summed E-state index contributed by atoms with van der Waals surface area (Å²) < 4.78 is 7.41. The second-order valence-corrected chi connectivity index (χ2v) is 6.70. The predicted molar refractivity (Wildman–Crippen MR) is 111 cm³/mol. The molecule has 2 N–H and O–H groups in total. The van der Waals surface area contributed by atoms with Crippen LogP contribution in [-0.2, 0) is 11.8 Å². The zero-order chi connectivity index (χ0) is 20.5. The van der Waals surface area contributed by atoms with Crippen molar-refractivity contribution in [2.75, 3.05) is 10.6 Å². The molecule has 0 saturated carbocycles. The van der Waals surface area contributed by atoms with Crippen LogP contribution in [0.3, 0.4) is 0 Å². The largest absolute Gasteiger partial charge is 0.400 e. The van der Waals surface area contributed by atoms with Crippen LogP contribution in [0.4, 0.5) is 11.7 Å². The normalized spacial score (nSPS) is 15.7. The van der Waals surface area contributed by atoms with Crippen LogP contribution in [0, 0.1) is 0 Å². The van der Waals surface area contributed by atoms with Gasteiger partial charge in [0.2, 0.25) is 6.17 Å². The monoisotopic (exact) mass is 399 g/mol. The average Bonchev–Trinajstić information content (AvgIpc) is 3.37. The summed E-state index contributed by atoms with van der Waals surface area (Å²) in [6.45, 7) is 0. The van der Waals surface area contributed by atoms with Gasteiger partial charge in [-0.1, -0.05) is 53.6 Å². The van der Waals surface area contributed by atoms with Crippen LogP contribution in [-0.4, -0.2) is 37.5 Å². The van der Waals surface area contributed by atoms with Crippen molar-refractivity contribution in [3.8, 4) is 11.7 Å². The van der Waals surface area contributed by atoms with Crippen LogP contribution in [0.2, 0.25) is 0 Å². The van der Waals surface area contributed by atoms with Crippen molar-refractivity contribution in [2.45, 2.75) is 6.17 Å². The van der Waals surface area contributed by atoms with Crippen LogP contribution in [0.1, 0.15) is 11.1 Å². The molecule has 4 aromatic rings. The van der Waals surface area contributed by atoms with E-state index in [2.05, 4.69) is 25.8 Å². The third-order valence-corrected chi connectivity index (χ3v) is 4.69. The molecule has 2 aromatic heterocycles. The minimum absolute atomic E-state index is 0.0790. The SMILES string of the molecule is Cn1ccnc1-c1nnc(N[C@H]2N=C(c3ccccc3)c3ccccc3NC2=O)o1. The van der Waals surface area contributed by atoms with Gasteiger partial charge in [0.25, 0.3) is 11.8 Å². The van der Waals surface area contributed by atoms with E-state index in [0.29, 0.717) is 17.2 Å². The molecule has 9 heteroatoms. The Morgan fingerprint density at radius 2 is 1.87 bits per heavy atom. The third kappa shape index (κ3) is 3.22. The smallest absolute Gasteiger partial charge is 0.317 e. The lowest BCUT2D eigenvalue weighted by atomic mass is 10.0. The van der Waals surface area contributed by atoms with E-state index in [-0.39, 0.29) is 17.8 Å². The van der Waals surface area contributed by atoms with Crippen molar-refractivity contribution in [3.05, 3.63) is 78.1 Å². The lowest BCUT2D eigenvalue weighted by molar-refractivity contribution is -0.116. The first kappa shape index (κ1) is 17.8. The maximum absolute atomic E-state index is 12.9. The molecule has 0 bridgehead atoms. The number of anilines is 2. The standard InChI is InChI=1S/C21H17N7O2/c1-28-12-11-22-18(28)20-26-27-21(30-20)25-17-19(29)23-15-10-6-5-9-14(15)16(24-17)13-7-3-2-4-8-13/h2-12,17H,1H3,(H,23,29)(H,25,27)/t17-/m1/s1. The van der Waals surface area contributed by atoms with Gasteiger partial charge in [-0.2, -0.15) is 0 Å². The van der Waals surface area contributed by atoms with Crippen molar-refractivity contribution in [1.29, 1.82) is 0 Å². The molecule has 3 heterocycles. The highest BCUT2D eigenvalue weighted by molar-refractivity contribution is 6.19. The van der Waals surface area contributed by atoms with Crippen LogP contribution >= 0.6 is 0 Å². The maximum atomic E-state index is 12.9. The van der Waals surface area contributed by atoms with Crippen LogP contribution in [0.25, 0.3) is 11.7 Å². The lowest BCUT2D eigenvalue weighted by Crippen LogP contribution is -2.32. The van der Waals surface area contributed by atoms with Crippen molar-refractivity contribution in [3.63, 3.8) is 0 Å². The van der Waals surface area contributed by atoms with E-state index >= 15 is 0 Å². The highest BCUT2D eigenvalue weighted by Crippen LogP contribution is 2.25. The molecule has 0 unspecified atom stereocenters. The van der Waals surface area contributed by atoms with Gasteiger partial charge in [0.15, 0.2) is 5.82 Å². The Kier molecular flexibility index (Phi) is 4.32. The van der Waals surface area contributed by atoms with Crippen LogP contribution in [0.15, 0.2) is 76.4 Å². The van der Waals surface area contributed by atoms with Gasteiger partial charge < -0.3 is 19.6 Å². The Morgan fingerprint density at radius 3 is 2.67 bits per heavy atom. The fourth-order valence-corrected chi connectivity index (χ4v) is 3.24. The number of nitrogens with one attached hydrogen (secondary N) is 2. The van der Waals surface area contributed by atoms with Crippen molar-refractivity contribution in [2.24, 2.45) is 12.0 Å². The number of hydrogen-bond donors (Lipinski definition) is 2. The Labute approximate surface area is 171 Å². The number of para-hydroxylation sites is 1. The number of benzodiazepines with no additional fused rings is 1. The summed E-state index contributed by atoms with van der Waals surface area (Å²) in [5, 5.41) is 13.8. The first-order valence-electron chi connectivity index (χ1n) is 9.30. The summed E-state index contributed by atoms with van der Waals surface area (Å²) >= 11 is 0. The predicted octanol–water partition coefficient (Wildman–Crippen LogP) is 2.70. The van der Waals surface area contributed by atoms with E-state index in [4.69, 9.17) is 9.41 Å². The van der Waals surface area contributed by atoms with Gasteiger partial charge in [0.05, 0.1) is 11.4 Å². The minimum atomic E-state index is -0.956. The number of fused-ring (bicyclic) bond motifs is 1. The van der Waals surface area contributed by atoms with Crippen molar-refractivity contribution < 1.29 is 9.21 Å². The third-order valence-electron chi connectivity index (χ3n) is 4.69. The molecular formula is C21H17N7O2. The number of aliphatic imine (C=N–C) groups is 1. The summed E-state index contributed by atoms with van der Waals surface area (Å²) in [6.07, 6.45) is 2.46. The van der Waals surface area contributed by atoms with Crippen molar-refractivity contribution >= 4 is 23.3 Å². The number of aryl methyl sites for hydroxylation is 1. The van der Waals surface area contributed by atoms with Gasteiger partial charge >= 0.3 is 6.01 Å². The molecule has 1 amide bonds. The number of aromatic nitrogens is 4. The Morgan fingerprint density at radius 1 is 1.07 bits per heavy atom. The van der Waals surface area contributed by atoms with E-state index in [1.54, 1.807) is 17.0 Å². The Hall–Kier alpha value is -4.27. The zero-order valence-electron chi connectivity index (χ0n) is 16.0. The van der Waals surface area contributed by atoms with Gasteiger partial charge in [0.1, 0.15) is 0 Å². The van der Waals surface area contributed by atoms with Gasteiger partial charge in [-0.3, -0.25) is 4.79 Å². The summed E-state index contributed by atoms with van der Waals surface area (Å²) in [4.78, 5) is 21.7. The van der Waals surface area contributed by atoms with Gasteiger partial charge in [0, 0.05) is 30.6 Å². The molecule has 148 valence electrons. The minimum Gasteiger partial charge on any atom is -0.400 e. The molecule has 0 fully saturated rings. The molecule has 1 aliphatic heterocycles. The molecule has 9 nitrogen and oxygen atoms in total. The first-order valence-corrected chi connectivity index (χ1v) is 9.30. The highest BCUT2D eigenvalue weighted by Gasteiger charge is 2.27. The molecule has 0 aliphatic carbocycles. The number of amides is 1. The molecule has 0 saturated heterocycles. The number of carbonyl (C=O) groups excluding carboxylic acids is 1. The number of imidazole rings is 1. The number of carbonyl (C=O) groups is 1. The topological polar surface area (TPSA) is 110 Å². The number of hydrogen-bond acceptors (Lipinski definition) is 7. The van der Waals surface area contributed by atoms with E-state index in [0.717, 1.165) is 11.1 Å². The molecular weight excluding hydrogens is 382 g/mol. The van der Waals surface area contributed by atoms with Gasteiger partial charge in [-0.05, 0) is 6.07 Å². The lowest BCUT2D eigenvalue weighted by Gasteiger charge is -2.11. The second kappa shape index (κ2) is 7.28. The number of rotatable bonds is 4. The molecule has 1 atom stereocenters. The summed E-state index contributed by atoms with van der Waals surface area (Å²) in [6, 6.07) is 17.3. The number of nitrogens with zero attached hydrogens (tertiary/aromatic N) is 5. The fraction of sp³-hybridized carbons (Fsp3) is 0.0952. The van der Waals surface area contributed by atoms with E-state index in [1.807, 2.05) is 61.6 Å². The van der Waals surface area contributed by atoms with Gasteiger partial charge in [-0.15, -0.1) is 5.10 Å². The summed E-state index contributed by atoms with van der Waals surface area (Å²) in [7, 11) is 1.83. The Balaban J connectivity index is 1.52. The van der Waals surface area contributed by atoms with Gasteiger partial charge in [-0.25, -0.2) is 9.98 Å². The molecule has 0 spiro atoms. The summed E-state index contributed by atoms with van der Waals surface area (Å²) in [5.41, 5.74) is 3.10. The summed E-state index contributed by atoms with van der Waals surface area (Å²) in [5.74, 6) is 0.446.